The fourth-order valence-electron chi connectivity index (χ4n) is 3.07. The molecule has 2 aromatic rings. The minimum Gasteiger partial charge on any atom is -0.352 e. The second kappa shape index (κ2) is 8.67. The normalized spacial score (nSPS) is 20.2. The van der Waals surface area contributed by atoms with E-state index in [0.717, 1.165) is 21.6 Å². The third kappa shape index (κ3) is 5.44. The third-order valence-corrected chi connectivity index (χ3v) is 6.43. The van der Waals surface area contributed by atoms with Gasteiger partial charge in [-0.2, -0.15) is 0 Å². The van der Waals surface area contributed by atoms with Crippen LogP contribution in [0, 0.1) is 12.8 Å². The maximum absolute atomic E-state index is 12.2. The SMILES string of the molecule is Cc1cccc(Nc2nnc(SCC(=O)N[C@@H]3CCCC[C@@H]3C)s2)c1. The summed E-state index contributed by atoms with van der Waals surface area (Å²) in [5.41, 5.74) is 2.19. The van der Waals surface area contributed by atoms with Gasteiger partial charge in [0, 0.05) is 11.7 Å². The Hall–Kier alpha value is -1.60. The summed E-state index contributed by atoms with van der Waals surface area (Å²) in [5, 5.41) is 15.5. The lowest BCUT2D eigenvalue weighted by Crippen LogP contribution is -2.41. The number of carbonyl (C=O) groups excluding carboxylic acids is 1. The molecule has 0 bridgehead atoms. The number of amides is 1. The number of aromatic nitrogens is 2. The predicted molar refractivity (Wildman–Crippen MR) is 105 cm³/mol. The van der Waals surface area contributed by atoms with Crippen molar-refractivity contribution in [3.63, 3.8) is 0 Å². The van der Waals surface area contributed by atoms with Gasteiger partial charge in [-0.3, -0.25) is 4.79 Å². The van der Waals surface area contributed by atoms with Gasteiger partial charge in [0.2, 0.25) is 11.0 Å². The zero-order valence-electron chi connectivity index (χ0n) is 14.6. The Labute approximate surface area is 157 Å². The molecule has 1 fully saturated rings. The minimum absolute atomic E-state index is 0.0899. The van der Waals surface area contributed by atoms with E-state index < -0.39 is 0 Å². The Balaban J connectivity index is 1.47. The molecule has 1 aliphatic rings. The highest BCUT2D eigenvalue weighted by atomic mass is 32.2. The molecule has 0 spiro atoms. The zero-order valence-corrected chi connectivity index (χ0v) is 16.3. The van der Waals surface area contributed by atoms with Crippen molar-refractivity contribution in [2.45, 2.75) is 49.9 Å². The lowest BCUT2D eigenvalue weighted by Gasteiger charge is -2.29. The number of nitrogens with zero attached hydrogens (tertiary/aromatic N) is 2. The van der Waals surface area contributed by atoms with E-state index in [2.05, 4.69) is 46.8 Å². The van der Waals surface area contributed by atoms with E-state index in [0.29, 0.717) is 17.7 Å². The summed E-state index contributed by atoms with van der Waals surface area (Å²) in [4.78, 5) is 12.2. The van der Waals surface area contributed by atoms with Gasteiger partial charge in [-0.15, -0.1) is 10.2 Å². The van der Waals surface area contributed by atoms with Crippen LogP contribution in [0.4, 0.5) is 10.8 Å². The maximum atomic E-state index is 12.2. The van der Waals surface area contributed by atoms with Crippen LogP contribution >= 0.6 is 23.1 Å². The summed E-state index contributed by atoms with van der Waals surface area (Å²) in [6.45, 7) is 4.28. The monoisotopic (exact) mass is 376 g/mol. The molecule has 134 valence electrons. The van der Waals surface area contributed by atoms with E-state index in [1.807, 2.05) is 12.1 Å². The van der Waals surface area contributed by atoms with Crippen molar-refractivity contribution < 1.29 is 4.79 Å². The second-order valence-corrected chi connectivity index (χ2v) is 8.79. The predicted octanol–water partition coefficient (Wildman–Crippen LogP) is 4.38. The van der Waals surface area contributed by atoms with Crippen LogP contribution in [-0.2, 0) is 4.79 Å². The first-order valence-corrected chi connectivity index (χ1v) is 10.5. The van der Waals surface area contributed by atoms with Gasteiger partial charge in [-0.05, 0) is 43.4 Å². The molecule has 0 radical (unpaired) electrons. The van der Waals surface area contributed by atoms with Crippen molar-refractivity contribution in [2.75, 3.05) is 11.1 Å². The first kappa shape index (κ1) is 18.2. The molecule has 0 unspecified atom stereocenters. The van der Waals surface area contributed by atoms with E-state index in [4.69, 9.17) is 0 Å². The highest BCUT2D eigenvalue weighted by Gasteiger charge is 2.22. The zero-order chi connectivity index (χ0) is 17.6. The summed E-state index contributed by atoms with van der Waals surface area (Å²) < 4.78 is 0.807. The molecule has 3 rings (SSSR count). The van der Waals surface area contributed by atoms with Gasteiger partial charge in [0.15, 0.2) is 4.34 Å². The molecule has 25 heavy (non-hydrogen) atoms. The van der Waals surface area contributed by atoms with Gasteiger partial charge in [-0.25, -0.2) is 0 Å². The van der Waals surface area contributed by atoms with Gasteiger partial charge in [0.1, 0.15) is 0 Å². The summed E-state index contributed by atoms with van der Waals surface area (Å²) in [7, 11) is 0. The van der Waals surface area contributed by atoms with Crippen molar-refractivity contribution >= 4 is 39.8 Å². The fourth-order valence-corrected chi connectivity index (χ4v) is 4.65. The fraction of sp³-hybridized carbons (Fsp3) is 0.500. The number of rotatable bonds is 6. The van der Waals surface area contributed by atoms with Crippen LogP contribution in [0.1, 0.15) is 38.2 Å². The van der Waals surface area contributed by atoms with E-state index in [9.17, 15) is 4.79 Å². The molecule has 2 N–H and O–H groups in total. The van der Waals surface area contributed by atoms with Gasteiger partial charge < -0.3 is 10.6 Å². The quantitative estimate of drug-likeness (QED) is 0.733. The number of aryl methyl sites for hydroxylation is 1. The molecule has 1 saturated carbocycles. The van der Waals surface area contributed by atoms with Crippen molar-refractivity contribution in [2.24, 2.45) is 5.92 Å². The molecule has 7 heteroatoms. The van der Waals surface area contributed by atoms with E-state index in [1.165, 1.54) is 47.9 Å². The molecule has 5 nitrogen and oxygen atoms in total. The van der Waals surface area contributed by atoms with Crippen molar-refractivity contribution in [3.8, 4) is 0 Å². The van der Waals surface area contributed by atoms with Crippen molar-refractivity contribution in [1.29, 1.82) is 0 Å². The number of nitrogens with one attached hydrogen (secondary N) is 2. The van der Waals surface area contributed by atoms with Crippen LogP contribution in [0.5, 0.6) is 0 Å². The first-order chi connectivity index (χ1) is 12.1. The molecule has 0 aliphatic heterocycles. The number of hydrogen-bond donors (Lipinski definition) is 2. The number of hydrogen-bond acceptors (Lipinski definition) is 6. The Morgan fingerprint density at radius 1 is 1.32 bits per heavy atom. The van der Waals surface area contributed by atoms with Crippen LogP contribution in [0.15, 0.2) is 28.6 Å². The van der Waals surface area contributed by atoms with Gasteiger partial charge >= 0.3 is 0 Å². The van der Waals surface area contributed by atoms with Crippen LogP contribution in [0.2, 0.25) is 0 Å². The highest BCUT2D eigenvalue weighted by molar-refractivity contribution is 8.01. The van der Waals surface area contributed by atoms with Gasteiger partial charge in [0.25, 0.3) is 0 Å². The Kier molecular flexibility index (Phi) is 6.31. The molecular weight excluding hydrogens is 352 g/mol. The first-order valence-electron chi connectivity index (χ1n) is 8.69. The van der Waals surface area contributed by atoms with Crippen LogP contribution in [-0.4, -0.2) is 27.9 Å². The van der Waals surface area contributed by atoms with Crippen molar-refractivity contribution in [3.05, 3.63) is 29.8 Å². The smallest absolute Gasteiger partial charge is 0.230 e. The highest BCUT2D eigenvalue weighted by Crippen LogP contribution is 2.28. The second-order valence-electron chi connectivity index (χ2n) is 6.59. The third-order valence-electron chi connectivity index (χ3n) is 4.46. The molecule has 1 amide bonds. The minimum atomic E-state index is 0.0899. The molecule has 1 aliphatic carbocycles. The molecule has 1 aromatic heterocycles. The van der Waals surface area contributed by atoms with Crippen LogP contribution in [0.25, 0.3) is 0 Å². The standard InChI is InChI=1S/C18H24N4OS2/c1-12-6-5-8-14(10-12)19-17-21-22-18(25-17)24-11-16(23)20-15-9-4-3-7-13(15)2/h5-6,8,10,13,15H,3-4,7,9,11H2,1-2H3,(H,19,21)(H,20,23)/t13-,15+/m0/s1. The number of benzene rings is 1. The summed E-state index contributed by atoms with van der Waals surface area (Å²) in [6, 6.07) is 8.45. The molecular formula is C18H24N4OS2. The van der Waals surface area contributed by atoms with E-state index in [1.54, 1.807) is 0 Å². The largest absolute Gasteiger partial charge is 0.352 e. The van der Waals surface area contributed by atoms with Crippen LogP contribution < -0.4 is 10.6 Å². The van der Waals surface area contributed by atoms with E-state index in [-0.39, 0.29) is 5.91 Å². The Morgan fingerprint density at radius 3 is 2.96 bits per heavy atom. The lowest BCUT2D eigenvalue weighted by atomic mass is 9.86. The molecule has 2 atom stereocenters. The number of carbonyl (C=O) groups is 1. The summed E-state index contributed by atoms with van der Waals surface area (Å²) in [6.07, 6.45) is 4.81. The van der Waals surface area contributed by atoms with Gasteiger partial charge in [-0.1, -0.05) is 55.0 Å². The Bertz CT molecular complexity index is 719. The van der Waals surface area contributed by atoms with Gasteiger partial charge in [0.05, 0.1) is 5.75 Å². The average molecular weight is 377 g/mol. The summed E-state index contributed by atoms with van der Waals surface area (Å²) >= 11 is 2.92. The maximum Gasteiger partial charge on any atom is 0.230 e. The molecule has 1 aromatic carbocycles. The molecule has 1 heterocycles. The van der Waals surface area contributed by atoms with Crippen LogP contribution in [0.3, 0.4) is 0 Å². The lowest BCUT2D eigenvalue weighted by molar-refractivity contribution is -0.119. The summed E-state index contributed by atoms with van der Waals surface area (Å²) in [5.74, 6) is 1.06. The molecule has 0 saturated heterocycles. The topological polar surface area (TPSA) is 66.9 Å². The van der Waals surface area contributed by atoms with Crippen molar-refractivity contribution in [1.82, 2.24) is 15.5 Å². The average Bonchev–Trinajstić information content (AvgIpc) is 3.03. The number of thioether (sulfide) groups is 1. The number of anilines is 2. The van der Waals surface area contributed by atoms with E-state index >= 15 is 0 Å². The Morgan fingerprint density at radius 2 is 2.16 bits per heavy atom.